The highest BCUT2D eigenvalue weighted by atomic mass is 16.5. The molecule has 1 amide bonds. The molecule has 0 radical (unpaired) electrons. The summed E-state index contributed by atoms with van der Waals surface area (Å²) in [4.78, 5) is 20.6. The molecule has 0 atom stereocenters. The van der Waals surface area contributed by atoms with Crippen LogP contribution in [0.1, 0.15) is 10.4 Å². The van der Waals surface area contributed by atoms with Crippen LogP contribution in [0.5, 0.6) is 11.5 Å². The van der Waals surface area contributed by atoms with Crippen molar-refractivity contribution < 1.29 is 14.3 Å². The molecule has 0 bridgehead atoms. The predicted molar refractivity (Wildman–Crippen MR) is 91.9 cm³/mol. The van der Waals surface area contributed by atoms with Crippen LogP contribution >= 0.6 is 0 Å². The summed E-state index contributed by atoms with van der Waals surface area (Å²) in [6.07, 6.45) is 3.29. The number of hydrogen-bond acceptors (Lipinski definition) is 5. The van der Waals surface area contributed by atoms with Crippen molar-refractivity contribution in [1.82, 2.24) is 9.88 Å². The van der Waals surface area contributed by atoms with E-state index in [0.717, 1.165) is 18.8 Å². The highest BCUT2D eigenvalue weighted by Gasteiger charge is 2.23. The quantitative estimate of drug-likeness (QED) is 0.860. The Labute approximate surface area is 141 Å². The Bertz CT molecular complexity index is 698. The van der Waals surface area contributed by atoms with Crippen LogP contribution in [0.3, 0.4) is 0 Å². The average molecular weight is 327 g/mol. The molecule has 0 unspecified atom stereocenters. The Morgan fingerprint density at radius 1 is 1.04 bits per heavy atom. The summed E-state index contributed by atoms with van der Waals surface area (Å²) in [6.45, 7) is 2.92. The third-order valence-corrected chi connectivity index (χ3v) is 4.21. The molecule has 3 rings (SSSR count). The second-order valence-electron chi connectivity index (χ2n) is 5.56. The third-order valence-electron chi connectivity index (χ3n) is 4.21. The van der Waals surface area contributed by atoms with Gasteiger partial charge in [0.05, 0.1) is 19.8 Å². The van der Waals surface area contributed by atoms with Gasteiger partial charge in [0.2, 0.25) is 0 Å². The fourth-order valence-corrected chi connectivity index (χ4v) is 2.86. The topological polar surface area (TPSA) is 54.9 Å². The monoisotopic (exact) mass is 327 g/mol. The molecule has 0 aliphatic carbocycles. The maximum Gasteiger partial charge on any atom is 0.255 e. The Morgan fingerprint density at radius 2 is 1.79 bits per heavy atom. The molecule has 0 saturated carbocycles. The standard InChI is InChI=1S/C18H21N3O3/c1-23-16-6-5-15(12-17(16)24-2)20-8-10-21(11-9-20)18(22)14-4-3-7-19-13-14/h3-7,12-13H,8-11H2,1-2H3. The van der Waals surface area contributed by atoms with Gasteiger partial charge in [0.15, 0.2) is 11.5 Å². The Balaban J connectivity index is 1.66. The van der Waals surface area contributed by atoms with Gasteiger partial charge in [-0.25, -0.2) is 0 Å². The maximum absolute atomic E-state index is 12.5. The summed E-state index contributed by atoms with van der Waals surface area (Å²) in [5, 5.41) is 0. The number of benzene rings is 1. The molecule has 0 N–H and O–H groups in total. The van der Waals surface area contributed by atoms with Crippen LogP contribution in [-0.4, -0.2) is 56.2 Å². The number of carbonyl (C=O) groups is 1. The Kier molecular flexibility index (Phi) is 4.84. The van der Waals surface area contributed by atoms with Crippen molar-refractivity contribution in [2.75, 3.05) is 45.3 Å². The van der Waals surface area contributed by atoms with Crippen molar-refractivity contribution in [1.29, 1.82) is 0 Å². The summed E-state index contributed by atoms with van der Waals surface area (Å²) in [5.74, 6) is 1.46. The molecule has 1 saturated heterocycles. The van der Waals surface area contributed by atoms with Gasteiger partial charge in [0.25, 0.3) is 5.91 Å². The van der Waals surface area contributed by atoms with E-state index in [0.29, 0.717) is 30.2 Å². The summed E-state index contributed by atoms with van der Waals surface area (Å²) < 4.78 is 10.6. The number of piperazine rings is 1. The fourth-order valence-electron chi connectivity index (χ4n) is 2.86. The molecular weight excluding hydrogens is 306 g/mol. The van der Waals surface area contributed by atoms with Gasteiger partial charge in [-0.1, -0.05) is 0 Å². The minimum absolute atomic E-state index is 0.0371. The van der Waals surface area contributed by atoms with E-state index in [1.165, 1.54) is 0 Å². The second kappa shape index (κ2) is 7.21. The molecule has 0 spiro atoms. The van der Waals surface area contributed by atoms with E-state index in [1.54, 1.807) is 38.7 Å². The zero-order valence-corrected chi connectivity index (χ0v) is 13.9. The second-order valence-corrected chi connectivity index (χ2v) is 5.56. The molecule has 1 aliphatic rings. The van der Waals surface area contributed by atoms with Crippen LogP contribution in [0.4, 0.5) is 5.69 Å². The van der Waals surface area contributed by atoms with Crippen molar-refractivity contribution >= 4 is 11.6 Å². The van der Waals surface area contributed by atoms with Crippen LogP contribution in [-0.2, 0) is 0 Å². The molecule has 1 fully saturated rings. The summed E-state index contributed by atoms with van der Waals surface area (Å²) in [7, 11) is 3.26. The van der Waals surface area contributed by atoms with E-state index in [1.807, 2.05) is 23.1 Å². The smallest absolute Gasteiger partial charge is 0.255 e. The zero-order chi connectivity index (χ0) is 16.9. The number of rotatable bonds is 4. The number of amides is 1. The number of pyridine rings is 1. The number of ether oxygens (including phenoxy) is 2. The lowest BCUT2D eigenvalue weighted by atomic mass is 10.2. The highest BCUT2D eigenvalue weighted by molar-refractivity contribution is 5.94. The first-order valence-electron chi connectivity index (χ1n) is 7.89. The number of methoxy groups -OCH3 is 2. The number of anilines is 1. The van der Waals surface area contributed by atoms with E-state index in [9.17, 15) is 4.79 Å². The zero-order valence-electron chi connectivity index (χ0n) is 13.9. The minimum atomic E-state index is 0.0371. The van der Waals surface area contributed by atoms with Crippen LogP contribution in [0.15, 0.2) is 42.7 Å². The van der Waals surface area contributed by atoms with Crippen LogP contribution < -0.4 is 14.4 Å². The molecule has 6 nitrogen and oxygen atoms in total. The van der Waals surface area contributed by atoms with Crippen molar-refractivity contribution in [3.8, 4) is 11.5 Å². The summed E-state index contributed by atoms with van der Waals surface area (Å²) in [5.41, 5.74) is 1.71. The van der Waals surface area contributed by atoms with E-state index in [2.05, 4.69) is 9.88 Å². The predicted octanol–water partition coefficient (Wildman–Crippen LogP) is 2.06. The lowest BCUT2D eigenvalue weighted by Gasteiger charge is -2.36. The van der Waals surface area contributed by atoms with Crippen molar-refractivity contribution in [2.24, 2.45) is 0 Å². The van der Waals surface area contributed by atoms with E-state index in [-0.39, 0.29) is 5.91 Å². The van der Waals surface area contributed by atoms with Gasteiger partial charge < -0.3 is 19.3 Å². The molecule has 1 aliphatic heterocycles. The molecule has 24 heavy (non-hydrogen) atoms. The van der Waals surface area contributed by atoms with Gasteiger partial charge in [0, 0.05) is 50.3 Å². The maximum atomic E-state index is 12.5. The first kappa shape index (κ1) is 16.1. The number of aromatic nitrogens is 1. The van der Waals surface area contributed by atoms with Crippen LogP contribution in [0, 0.1) is 0 Å². The van der Waals surface area contributed by atoms with Gasteiger partial charge in [-0.05, 0) is 24.3 Å². The number of hydrogen-bond donors (Lipinski definition) is 0. The van der Waals surface area contributed by atoms with E-state index >= 15 is 0 Å². The molecule has 6 heteroatoms. The molecule has 2 heterocycles. The van der Waals surface area contributed by atoms with Gasteiger partial charge in [0.1, 0.15) is 0 Å². The van der Waals surface area contributed by atoms with Gasteiger partial charge >= 0.3 is 0 Å². The first-order chi connectivity index (χ1) is 11.7. The number of nitrogens with zero attached hydrogens (tertiary/aromatic N) is 3. The molecule has 1 aromatic heterocycles. The van der Waals surface area contributed by atoms with Gasteiger partial charge in [-0.3, -0.25) is 9.78 Å². The summed E-state index contributed by atoms with van der Waals surface area (Å²) >= 11 is 0. The van der Waals surface area contributed by atoms with Crippen molar-refractivity contribution in [3.63, 3.8) is 0 Å². The molecule has 2 aromatic rings. The Hall–Kier alpha value is -2.76. The molecule has 126 valence electrons. The average Bonchev–Trinajstić information content (AvgIpc) is 2.67. The van der Waals surface area contributed by atoms with Crippen LogP contribution in [0.2, 0.25) is 0 Å². The fraction of sp³-hybridized carbons (Fsp3) is 0.333. The normalized spacial score (nSPS) is 14.4. The van der Waals surface area contributed by atoms with E-state index < -0.39 is 0 Å². The Morgan fingerprint density at radius 3 is 2.42 bits per heavy atom. The SMILES string of the molecule is COc1ccc(N2CCN(C(=O)c3cccnc3)CC2)cc1OC. The third kappa shape index (κ3) is 3.27. The van der Waals surface area contributed by atoms with E-state index in [4.69, 9.17) is 9.47 Å². The number of carbonyl (C=O) groups excluding carboxylic acids is 1. The lowest BCUT2D eigenvalue weighted by molar-refractivity contribution is 0.0746. The lowest BCUT2D eigenvalue weighted by Crippen LogP contribution is -2.48. The van der Waals surface area contributed by atoms with Crippen LogP contribution in [0.25, 0.3) is 0 Å². The van der Waals surface area contributed by atoms with Gasteiger partial charge in [-0.2, -0.15) is 0 Å². The van der Waals surface area contributed by atoms with Crippen molar-refractivity contribution in [3.05, 3.63) is 48.3 Å². The molecular formula is C18H21N3O3. The minimum Gasteiger partial charge on any atom is -0.493 e. The largest absolute Gasteiger partial charge is 0.493 e. The summed E-state index contributed by atoms with van der Waals surface area (Å²) in [6, 6.07) is 9.47. The molecule has 1 aromatic carbocycles. The van der Waals surface area contributed by atoms with Gasteiger partial charge in [-0.15, -0.1) is 0 Å². The first-order valence-corrected chi connectivity index (χ1v) is 7.89. The highest BCUT2D eigenvalue weighted by Crippen LogP contribution is 2.31. The van der Waals surface area contributed by atoms with Crippen molar-refractivity contribution in [2.45, 2.75) is 0 Å².